The summed E-state index contributed by atoms with van der Waals surface area (Å²) in [5, 5.41) is 12.4. The lowest BCUT2D eigenvalue weighted by molar-refractivity contribution is 0.269. The topological polar surface area (TPSA) is 39.1 Å². The summed E-state index contributed by atoms with van der Waals surface area (Å²) in [4.78, 5) is 2.43. The average molecular weight is 239 g/mol. The van der Waals surface area contributed by atoms with Crippen molar-refractivity contribution in [2.45, 2.75) is 53.5 Å². The summed E-state index contributed by atoms with van der Waals surface area (Å²) in [5.74, 6) is 0. The van der Waals surface area contributed by atoms with Gasteiger partial charge in [-0.15, -0.1) is 0 Å². The van der Waals surface area contributed by atoms with E-state index in [1.165, 1.54) is 0 Å². The van der Waals surface area contributed by atoms with Crippen LogP contribution in [-0.2, 0) is 0 Å². The van der Waals surface area contributed by atoms with Gasteiger partial charge in [-0.2, -0.15) is 5.26 Å². The first-order chi connectivity index (χ1) is 7.95. The molecule has 0 radical (unpaired) electrons. The molecule has 0 heterocycles. The number of nitrogens with one attached hydrogen (secondary N) is 1. The average Bonchev–Trinajstić information content (AvgIpc) is 2.31. The summed E-state index contributed by atoms with van der Waals surface area (Å²) in [6.45, 7) is 15.0. The Labute approximate surface area is 107 Å². The van der Waals surface area contributed by atoms with Gasteiger partial charge in [-0.3, -0.25) is 0 Å². The molecule has 3 nitrogen and oxygen atoms in total. The zero-order valence-electron chi connectivity index (χ0n) is 12.2. The summed E-state index contributed by atoms with van der Waals surface area (Å²) in [5.41, 5.74) is -0.177. The standard InChI is InChI=1S/C14H29N3/c1-6-17(7-2)11-13(3)16-10-8-9-14(4,5)12-15/h13,16H,6-11H2,1-5H3. The maximum atomic E-state index is 8.91. The van der Waals surface area contributed by atoms with Gasteiger partial charge in [0.2, 0.25) is 0 Å². The fourth-order valence-electron chi connectivity index (χ4n) is 1.87. The van der Waals surface area contributed by atoms with Crippen LogP contribution in [0.15, 0.2) is 0 Å². The molecule has 0 spiro atoms. The molecule has 1 atom stereocenters. The van der Waals surface area contributed by atoms with Crippen LogP contribution in [0.4, 0.5) is 0 Å². The van der Waals surface area contributed by atoms with Crippen molar-refractivity contribution in [3.8, 4) is 6.07 Å². The van der Waals surface area contributed by atoms with Gasteiger partial charge in [0, 0.05) is 12.6 Å². The summed E-state index contributed by atoms with van der Waals surface area (Å²) >= 11 is 0. The van der Waals surface area contributed by atoms with Gasteiger partial charge >= 0.3 is 0 Å². The van der Waals surface area contributed by atoms with Gasteiger partial charge in [0.05, 0.1) is 11.5 Å². The van der Waals surface area contributed by atoms with Crippen LogP contribution in [0.25, 0.3) is 0 Å². The van der Waals surface area contributed by atoms with Crippen molar-refractivity contribution in [2.75, 3.05) is 26.2 Å². The third-order valence-electron chi connectivity index (χ3n) is 3.20. The van der Waals surface area contributed by atoms with Gasteiger partial charge in [0.1, 0.15) is 0 Å². The van der Waals surface area contributed by atoms with Crippen LogP contribution in [0.3, 0.4) is 0 Å². The number of nitriles is 1. The molecule has 0 aliphatic heterocycles. The van der Waals surface area contributed by atoms with Gasteiger partial charge in [0.15, 0.2) is 0 Å². The first kappa shape index (κ1) is 16.4. The molecule has 0 aromatic carbocycles. The van der Waals surface area contributed by atoms with Crippen LogP contribution >= 0.6 is 0 Å². The molecule has 0 aliphatic carbocycles. The van der Waals surface area contributed by atoms with Gasteiger partial charge in [-0.25, -0.2) is 0 Å². The van der Waals surface area contributed by atoms with Gasteiger partial charge in [-0.1, -0.05) is 13.8 Å². The van der Waals surface area contributed by atoms with Gasteiger partial charge < -0.3 is 10.2 Å². The predicted octanol–water partition coefficient (Wildman–Crippen LogP) is 2.64. The van der Waals surface area contributed by atoms with E-state index in [0.717, 1.165) is 39.0 Å². The zero-order valence-corrected chi connectivity index (χ0v) is 12.2. The Morgan fingerprint density at radius 1 is 1.29 bits per heavy atom. The monoisotopic (exact) mass is 239 g/mol. The first-order valence-electron chi connectivity index (χ1n) is 6.82. The molecule has 17 heavy (non-hydrogen) atoms. The highest BCUT2D eigenvalue weighted by Gasteiger charge is 2.15. The molecule has 0 amide bonds. The maximum Gasteiger partial charge on any atom is 0.0683 e. The second-order valence-corrected chi connectivity index (χ2v) is 5.44. The van der Waals surface area contributed by atoms with Crippen molar-refractivity contribution >= 4 is 0 Å². The fraction of sp³-hybridized carbons (Fsp3) is 0.929. The third kappa shape index (κ3) is 8.18. The number of hydrogen-bond acceptors (Lipinski definition) is 3. The van der Waals surface area contributed by atoms with Gasteiger partial charge in [-0.05, 0) is 53.2 Å². The first-order valence-corrected chi connectivity index (χ1v) is 6.82. The summed E-state index contributed by atoms with van der Waals surface area (Å²) in [6, 6.07) is 2.87. The Hall–Kier alpha value is -0.590. The van der Waals surface area contributed by atoms with Crippen molar-refractivity contribution in [3.63, 3.8) is 0 Å². The molecule has 0 saturated carbocycles. The van der Waals surface area contributed by atoms with E-state index in [4.69, 9.17) is 5.26 Å². The highest BCUT2D eigenvalue weighted by atomic mass is 15.1. The molecule has 1 N–H and O–H groups in total. The third-order valence-corrected chi connectivity index (χ3v) is 3.20. The lowest BCUT2D eigenvalue weighted by Crippen LogP contribution is -2.39. The molecule has 0 aromatic rings. The summed E-state index contributed by atoms with van der Waals surface area (Å²) in [7, 11) is 0. The minimum Gasteiger partial charge on any atom is -0.313 e. The second kappa shape index (κ2) is 8.49. The lowest BCUT2D eigenvalue weighted by atomic mass is 9.90. The SMILES string of the molecule is CCN(CC)CC(C)NCCCC(C)(C)C#N. The molecule has 0 aromatic heterocycles. The predicted molar refractivity (Wildman–Crippen MR) is 73.9 cm³/mol. The molecule has 0 bridgehead atoms. The Bertz CT molecular complexity index is 226. The molecule has 0 fully saturated rings. The number of hydrogen-bond donors (Lipinski definition) is 1. The van der Waals surface area contributed by atoms with Crippen LogP contribution in [-0.4, -0.2) is 37.1 Å². The van der Waals surface area contributed by atoms with Crippen LogP contribution in [0.2, 0.25) is 0 Å². The van der Waals surface area contributed by atoms with Gasteiger partial charge in [0.25, 0.3) is 0 Å². The van der Waals surface area contributed by atoms with E-state index in [1.807, 2.05) is 13.8 Å². The fourth-order valence-corrected chi connectivity index (χ4v) is 1.87. The van der Waals surface area contributed by atoms with Crippen molar-refractivity contribution in [1.29, 1.82) is 5.26 Å². The molecular formula is C14H29N3. The Morgan fingerprint density at radius 3 is 2.35 bits per heavy atom. The Kier molecular flexibility index (Phi) is 8.20. The van der Waals surface area contributed by atoms with Crippen molar-refractivity contribution < 1.29 is 0 Å². The van der Waals surface area contributed by atoms with E-state index >= 15 is 0 Å². The van der Waals surface area contributed by atoms with E-state index in [0.29, 0.717) is 6.04 Å². The smallest absolute Gasteiger partial charge is 0.0683 e. The van der Waals surface area contributed by atoms with Crippen molar-refractivity contribution in [2.24, 2.45) is 5.41 Å². The van der Waals surface area contributed by atoms with E-state index in [2.05, 4.69) is 37.1 Å². The quantitative estimate of drug-likeness (QED) is 0.629. The minimum absolute atomic E-state index is 0.177. The van der Waals surface area contributed by atoms with Crippen LogP contribution in [0.1, 0.15) is 47.5 Å². The Morgan fingerprint density at radius 2 is 1.88 bits per heavy atom. The molecule has 3 heteroatoms. The van der Waals surface area contributed by atoms with E-state index in [1.54, 1.807) is 0 Å². The van der Waals surface area contributed by atoms with Crippen molar-refractivity contribution in [3.05, 3.63) is 0 Å². The summed E-state index contributed by atoms with van der Waals surface area (Å²) < 4.78 is 0. The maximum absolute atomic E-state index is 8.91. The van der Waals surface area contributed by atoms with Crippen molar-refractivity contribution in [1.82, 2.24) is 10.2 Å². The number of nitrogens with zero attached hydrogens (tertiary/aromatic N) is 2. The molecular weight excluding hydrogens is 210 g/mol. The molecule has 0 rings (SSSR count). The van der Waals surface area contributed by atoms with Crippen LogP contribution < -0.4 is 5.32 Å². The zero-order chi connectivity index (χ0) is 13.3. The highest BCUT2D eigenvalue weighted by molar-refractivity contribution is 4.91. The molecule has 1 unspecified atom stereocenters. The second-order valence-electron chi connectivity index (χ2n) is 5.44. The van der Waals surface area contributed by atoms with Crippen LogP contribution in [0, 0.1) is 16.7 Å². The van der Waals surface area contributed by atoms with Crippen LogP contribution in [0.5, 0.6) is 0 Å². The Balaban J connectivity index is 3.65. The van der Waals surface area contributed by atoms with E-state index in [9.17, 15) is 0 Å². The number of likely N-dealkylation sites (N-methyl/N-ethyl adjacent to an activating group) is 1. The largest absolute Gasteiger partial charge is 0.313 e. The van der Waals surface area contributed by atoms with E-state index in [-0.39, 0.29) is 5.41 Å². The molecule has 0 aliphatic rings. The molecule has 100 valence electrons. The number of rotatable bonds is 9. The highest BCUT2D eigenvalue weighted by Crippen LogP contribution is 2.19. The minimum atomic E-state index is -0.177. The lowest BCUT2D eigenvalue weighted by Gasteiger charge is -2.24. The summed E-state index contributed by atoms with van der Waals surface area (Å²) in [6.07, 6.45) is 2.04. The van der Waals surface area contributed by atoms with E-state index < -0.39 is 0 Å². The normalized spacial score (nSPS) is 13.7. The molecule has 0 saturated heterocycles.